The summed E-state index contributed by atoms with van der Waals surface area (Å²) in [5.74, 6) is -1.42. The Kier molecular flexibility index (Phi) is 13.7. The van der Waals surface area contributed by atoms with Gasteiger partial charge in [-0.3, -0.25) is 9.69 Å². The second-order valence-corrected chi connectivity index (χ2v) is 19.1. The number of anilines is 5. The van der Waals surface area contributed by atoms with Gasteiger partial charge in [0.05, 0.1) is 17.8 Å². The molecule has 2 heterocycles. The van der Waals surface area contributed by atoms with Crippen LogP contribution in [-0.4, -0.2) is 66.3 Å². The molecule has 0 spiro atoms. The minimum atomic E-state index is -4.80. The predicted octanol–water partition coefficient (Wildman–Crippen LogP) is 13.4. The fourth-order valence-electron chi connectivity index (χ4n) is 10.8. The number of fused-ring (bicyclic) bond motifs is 6. The normalized spacial score (nSPS) is 14.7. The first-order valence-electron chi connectivity index (χ1n) is 25.2. The maximum atomic E-state index is 14.6. The number of likely N-dealkylation sites (tertiary alicyclic amines) is 1. The molecule has 12 nitrogen and oxygen atoms in total. The van der Waals surface area contributed by atoms with Crippen LogP contribution in [0.15, 0.2) is 176 Å². The molecule has 2 aliphatic carbocycles. The minimum absolute atomic E-state index is 0.0300. The Morgan fingerprint density at radius 1 is 0.684 bits per heavy atom. The van der Waals surface area contributed by atoms with Crippen molar-refractivity contribution in [1.82, 2.24) is 20.2 Å². The van der Waals surface area contributed by atoms with Crippen molar-refractivity contribution in [3.63, 3.8) is 0 Å². The Labute approximate surface area is 437 Å². The molecule has 8 aromatic rings. The minimum Gasteiger partial charge on any atom is -0.448 e. The molecular formula is C61H52F3N7O5. The third-order valence-corrected chi connectivity index (χ3v) is 14.5. The molecule has 382 valence electrons. The van der Waals surface area contributed by atoms with Gasteiger partial charge >= 0.3 is 18.4 Å². The number of hydrogen-bond acceptors (Lipinski definition) is 9. The molecule has 0 bridgehead atoms. The van der Waals surface area contributed by atoms with E-state index in [2.05, 4.69) is 74.4 Å². The zero-order valence-corrected chi connectivity index (χ0v) is 41.4. The summed E-state index contributed by atoms with van der Waals surface area (Å²) in [6.07, 6.45) is -3.42. The van der Waals surface area contributed by atoms with Gasteiger partial charge in [0, 0.05) is 55.5 Å². The van der Waals surface area contributed by atoms with Gasteiger partial charge in [-0.25, -0.2) is 14.6 Å². The van der Waals surface area contributed by atoms with Crippen LogP contribution in [0.1, 0.15) is 79.9 Å². The second kappa shape index (κ2) is 21.1. The number of hydrogen-bond donors (Lipinski definition) is 3. The van der Waals surface area contributed by atoms with Crippen LogP contribution >= 0.6 is 0 Å². The van der Waals surface area contributed by atoms with Crippen LogP contribution in [0.4, 0.5) is 51.6 Å². The largest absolute Gasteiger partial charge is 0.448 e. The standard InChI is InChI=1S/C61H52F3N7O5/c1-65-57(72)51-25-10-11-26-55(51)68-56-54(61(62,63)64)33-66-58(69-56)67-41-29-27-38(28-30-41)34-71(60(74)76-37-53-49-23-8-4-19-45(49)46-20-5-9-24-50(46)53)42-16-12-14-39(32-42)40-15-13-31-70(35-40)59(73)75-36-52-47-21-6-2-17-43(47)44-18-3-7-22-48(44)52/h2-12,14,16-30,32-33,40,52-53H,13,15,31,34-37H2,1H3,(H,65,72)(H2,66,67,68,69). The van der Waals surface area contributed by atoms with Gasteiger partial charge in [-0.1, -0.05) is 133 Å². The molecule has 1 saturated heterocycles. The maximum absolute atomic E-state index is 14.6. The highest BCUT2D eigenvalue weighted by molar-refractivity contribution is 6.00. The summed E-state index contributed by atoms with van der Waals surface area (Å²) < 4.78 is 55.1. The summed E-state index contributed by atoms with van der Waals surface area (Å²) in [6.45, 7) is 1.45. The number of nitrogens with one attached hydrogen (secondary N) is 3. The summed E-state index contributed by atoms with van der Waals surface area (Å²) in [4.78, 5) is 52.5. The second-order valence-electron chi connectivity index (χ2n) is 19.1. The molecule has 0 radical (unpaired) electrons. The van der Waals surface area contributed by atoms with Crippen LogP contribution in [-0.2, 0) is 22.2 Å². The molecule has 11 rings (SSSR count). The van der Waals surface area contributed by atoms with Gasteiger partial charge in [0.15, 0.2) is 0 Å². The van der Waals surface area contributed by atoms with Crippen LogP contribution in [0, 0.1) is 0 Å². The van der Waals surface area contributed by atoms with Crippen molar-refractivity contribution < 1.29 is 37.0 Å². The Hall–Kier alpha value is -8.98. The number of benzene rings is 7. The number of piperidine rings is 1. The molecule has 15 heteroatoms. The van der Waals surface area contributed by atoms with Crippen LogP contribution in [0.25, 0.3) is 22.3 Å². The number of aromatic nitrogens is 2. The number of alkyl halides is 3. The van der Waals surface area contributed by atoms with Gasteiger partial charge in [-0.2, -0.15) is 18.2 Å². The van der Waals surface area contributed by atoms with Gasteiger partial charge in [-0.15, -0.1) is 0 Å². The number of nitrogens with zero attached hydrogens (tertiary/aromatic N) is 4. The van der Waals surface area contributed by atoms with E-state index in [4.69, 9.17) is 9.47 Å². The number of carbonyl (C=O) groups is 3. The zero-order valence-electron chi connectivity index (χ0n) is 41.4. The molecule has 3 amide bonds. The fraction of sp³-hybridized carbons (Fsp3) is 0.197. The molecule has 3 aliphatic rings. The third-order valence-electron chi connectivity index (χ3n) is 14.5. The Balaban J connectivity index is 0.824. The van der Waals surface area contributed by atoms with Crippen molar-refractivity contribution in [2.75, 3.05) is 48.9 Å². The Morgan fingerprint density at radius 2 is 1.26 bits per heavy atom. The molecular weight excluding hydrogens is 968 g/mol. The Bertz CT molecular complexity index is 3390. The highest BCUT2D eigenvalue weighted by Gasteiger charge is 2.37. The fourth-order valence-corrected chi connectivity index (χ4v) is 10.8. The number of rotatable bonds is 13. The van der Waals surface area contributed by atoms with Gasteiger partial charge in [0.25, 0.3) is 5.91 Å². The molecule has 76 heavy (non-hydrogen) atoms. The highest BCUT2D eigenvalue weighted by Crippen LogP contribution is 2.46. The molecule has 1 aliphatic heterocycles. The van der Waals surface area contributed by atoms with Crippen molar-refractivity contribution >= 4 is 46.9 Å². The van der Waals surface area contributed by atoms with Gasteiger partial charge in [0.2, 0.25) is 5.95 Å². The van der Waals surface area contributed by atoms with Gasteiger partial charge in [0.1, 0.15) is 24.6 Å². The van der Waals surface area contributed by atoms with E-state index in [0.29, 0.717) is 30.7 Å². The van der Waals surface area contributed by atoms with Crippen molar-refractivity contribution in [3.8, 4) is 22.3 Å². The van der Waals surface area contributed by atoms with E-state index < -0.39 is 29.6 Å². The molecule has 3 N–H and O–H groups in total. The predicted molar refractivity (Wildman–Crippen MR) is 286 cm³/mol. The summed E-state index contributed by atoms with van der Waals surface area (Å²) in [5.41, 5.74) is 10.9. The van der Waals surface area contributed by atoms with Crippen molar-refractivity contribution in [1.29, 1.82) is 0 Å². The first kappa shape index (κ1) is 49.2. The maximum Gasteiger partial charge on any atom is 0.421 e. The average molecular weight is 1020 g/mol. The van der Waals surface area contributed by atoms with E-state index in [1.807, 2.05) is 72.8 Å². The Morgan fingerprint density at radius 3 is 1.87 bits per heavy atom. The molecule has 1 fully saturated rings. The molecule has 1 unspecified atom stereocenters. The number of halogens is 3. The van der Waals surface area contributed by atoms with Crippen LogP contribution in [0.2, 0.25) is 0 Å². The first-order chi connectivity index (χ1) is 37.0. The lowest BCUT2D eigenvalue weighted by Gasteiger charge is -2.33. The van der Waals surface area contributed by atoms with Crippen molar-refractivity contribution in [2.24, 2.45) is 0 Å². The summed E-state index contributed by atoms with van der Waals surface area (Å²) >= 11 is 0. The third kappa shape index (κ3) is 10.0. The first-order valence-corrected chi connectivity index (χ1v) is 25.2. The number of carbonyl (C=O) groups excluding carboxylic acids is 3. The van der Waals surface area contributed by atoms with Crippen LogP contribution in [0.3, 0.4) is 0 Å². The average Bonchev–Trinajstić information content (AvgIpc) is 4.00. The van der Waals surface area contributed by atoms with Crippen LogP contribution < -0.4 is 20.9 Å². The monoisotopic (exact) mass is 1020 g/mol. The molecule has 0 saturated carbocycles. The SMILES string of the molecule is CNC(=O)c1ccccc1Nc1nc(Nc2ccc(CN(C(=O)OCC3c4ccccc4-c4ccccc43)c3cccc(C4CCCN(C(=O)OCC5c6ccccc6-c6ccccc65)C4)c3)cc2)ncc1C(F)(F)F. The van der Waals surface area contributed by atoms with E-state index >= 15 is 0 Å². The van der Waals surface area contributed by atoms with Gasteiger partial charge < -0.3 is 30.3 Å². The number of para-hydroxylation sites is 1. The van der Waals surface area contributed by atoms with Crippen LogP contribution in [0.5, 0.6) is 0 Å². The van der Waals surface area contributed by atoms with Gasteiger partial charge in [-0.05, 0) is 105 Å². The molecule has 7 aromatic carbocycles. The van der Waals surface area contributed by atoms with E-state index in [1.165, 1.54) is 19.2 Å². The number of amides is 3. The topological polar surface area (TPSA) is 138 Å². The summed E-state index contributed by atoms with van der Waals surface area (Å²) in [5, 5.41) is 8.18. The van der Waals surface area contributed by atoms with E-state index in [1.54, 1.807) is 46.2 Å². The summed E-state index contributed by atoms with van der Waals surface area (Å²) in [7, 11) is 1.43. The van der Waals surface area contributed by atoms with E-state index in [-0.39, 0.29) is 60.8 Å². The smallest absolute Gasteiger partial charge is 0.421 e. The highest BCUT2D eigenvalue weighted by atomic mass is 19.4. The van der Waals surface area contributed by atoms with Crippen molar-refractivity contribution in [3.05, 3.63) is 221 Å². The van der Waals surface area contributed by atoms with Crippen molar-refractivity contribution in [2.45, 2.75) is 43.3 Å². The van der Waals surface area contributed by atoms with E-state index in [9.17, 15) is 27.6 Å². The zero-order chi connectivity index (χ0) is 52.3. The lowest BCUT2D eigenvalue weighted by molar-refractivity contribution is -0.137. The molecule has 1 atom stereocenters. The lowest BCUT2D eigenvalue weighted by Crippen LogP contribution is -2.40. The summed E-state index contributed by atoms with van der Waals surface area (Å²) in [6, 6.07) is 53.8. The lowest BCUT2D eigenvalue weighted by atomic mass is 9.90. The number of ether oxygens (including phenoxy) is 2. The molecule has 1 aromatic heterocycles. The van der Waals surface area contributed by atoms with E-state index in [0.717, 1.165) is 68.5 Å². The quantitative estimate of drug-likeness (QED) is 0.103.